The maximum Gasteiger partial charge on any atom is 0.313 e. The van der Waals surface area contributed by atoms with Crippen molar-refractivity contribution >= 4 is 29.1 Å². The Balaban J connectivity index is 1.64. The summed E-state index contributed by atoms with van der Waals surface area (Å²) < 4.78 is 0. The monoisotopic (exact) mass is 370 g/mol. The second kappa shape index (κ2) is 7.92. The molecule has 2 aromatic carbocycles. The van der Waals surface area contributed by atoms with Gasteiger partial charge in [-0.15, -0.1) is 0 Å². The number of carbonyl (C=O) groups is 2. The molecule has 0 spiro atoms. The zero-order valence-electron chi connectivity index (χ0n) is 15.1. The summed E-state index contributed by atoms with van der Waals surface area (Å²) in [6.45, 7) is 3.72. The number of benzene rings is 2. The normalized spacial score (nSPS) is 14.3. The van der Waals surface area contributed by atoms with Gasteiger partial charge in [0.2, 0.25) is 0 Å². The van der Waals surface area contributed by atoms with Crippen molar-refractivity contribution in [3.63, 3.8) is 0 Å². The van der Waals surface area contributed by atoms with E-state index in [2.05, 4.69) is 22.8 Å². The summed E-state index contributed by atoms with van der Waals surface area (Å²) in [5.74, 6) is -1.33. The number of amides is 2. The first-order valence-electron chi connectivity index (χ1n) is 8.94. The van der Waals surface area contributed by atoms with Crippen molar-refractivity contribution in [1.82, 2.24) is 5.32 Å². The molecule has 0 fully saturated rings. The van der Waals surface area contributed by atoms with Gasteiger partial charge in [0, 0.05) is 10.7 Å². The number of nitrogens with one attached hydrogen (secondary N) is 2. The summed E-state index contributed by atoms with van der Waals surface area (Å²) in [7, 11) is 0. The van der Waals surface area contributed by atoms with Crippen molar-refractivity contribution in [2.45, 2.75) is 45.6 Å². The molecule has 1 aliphatic rings. The van der Waals surface area contributed by atoms with Gasteiger partial charge in [0.05, 0.1) is 6.04 Å². The molecule has 2 amide bonds. The Morgan fingerprint density at radius 3 is 2.46 bits per heavy atom. The first kappa shape index (κ1) is 18.5. The molecule has 0 heterocycles. The number of anilines is 1. The second-order valence-corrected chi connectivity index (χ2v) is 7.28. The van der Waals surface area contributed by atoms with E-state index in [4.69, 9.17) is 11.6 Å². The molecular formula is C21H23ClN2O2. The molecule has 0 saturated carbocycles. The van der Waals surface area contributed by atoms with E-state index in [1.165, 1.54) is 24.0 Å². The minimum Gasteiger partial charge on any atom is -0.341 e. The van der Waals surface area contributed by atoms with E-state index in [-0.39, 0.29) is 6.04 Å². The molecule has 26 heavy (non-hydrogen) atoms. The third kappa shape index (κ3) is 4.25. The van der Waals surface area contributed by atoms with Crippen LogP contribution in [-0.4, -0.2) is 11.8 Å². The molecule has 0 aromatic heterocycles. The summed E-state index contributed by atoms with van der Waals surface area (Å²) in [6.07, 6.45) is 4.66. The Bertz CT molecular complexity index is 848. The van der Waals surface area contributed by atoms with Gasteiger partial charge in [-0.1, -0.05) is 29.8 Å². The molecule has 0 radical (unpaired) electrons. The topological polar surface area (TPSA) is 58.2 Å². The number of carbonyl (C=O) groups excluding carboxylic acids is 2. The maximum atomic E-state index is 12.2. The van der Waals surface area contributed by atoms with Crippen LogP contribution in [0.5, 0.6) is 0 Å². The third-order valence-electron chi connectivity index (χ3n) is 4.86. The van der Waals surface area contributed by atoms with E-state index < -0.39 is 11.8 Å². The van der Waals surface area contributed by atoms with Gasteiger partial charge in [0.15, 0.2) is 0 Å². The van der Waals surface area contributed by atoms with Crippen molar-refractivity contribution in [3.05, 3.63) is 63.7 Å². The first-order chi connectivity index (χ1) is 12.4. The highest BCUT2D eigenvalue weighted by Gasteiger charge is 2.19. The molecular weight excluding hydrogens is 348 g/mol. The van der Waals surface area contributed by atoms with E-state index in [1.807, 2.05) is 19.9 Å². The SMILES string of the molecule is Cc1cc(Cl)ccc1NC(=O)C(=O)NC(C)c1ccc2c(c1)CCCC2. The van der Waals surface area contributed by atoms with Crippen LogP contribution in [0.3, 0.4) is 0 Å². The molecule has 1 aliphatic carbocycles. The number of aryl methyl sites for hydroxylation is 3. The van der Waals surface area contributed by atoms with E-state index in [9.17, 15) is 9.59 Å². The van der Waals surface area contributed by atoms with Gasteiger partial charge in [-0.25, -0.2) is 0 Å². The van der Waals surface area contributed by atoms with E-state index in [0.717, 1.165) is 24.0 Å². The molecule has 0 saturated heterocycles. The van der Waals surface area contributed by atoms with Crippen LogP contribution in [0.15, 0.2) is 36.4 Å². The Hall–Kier alpha value is -2.33. The number of hydrogen-bond donors (Lipinski definition) is 2. The lowest BCUT2D eigenvalue weighted by Gasteiger charge is -2.20. The zero-order valence-corrected chi connectivity index (χ0v) is 15.8. The second-order valence-electron chi connectivity index (χ2n) is 6.84. The van der Waals surface area contributed by atoms with Crippen LogP contribution < -0.4 is 10.6 Å². The fourth-order valence-corrected chi connectivity index (χ4v) is 3.54. The standard InChI is InChI=1S/C21H23ClN2O2/c1-13-11-18(22)9-10-19(13)24-21(26)20(25)23-14(2)16-8-7-15-5-3-4-6-17(15)12-16/h7-12,14H,3-6H2,1-2H3,(H,23,25)(H,24,26). The van der Waals surface area contributed by atoms with Gasteiger partial charge in [0.25, 0.3) is 0 Å². The van der Waals surface area contributed by atoms with Crippen molar-refractivity contribution in [1.29, 1.82) is 0 Å². The molecule has 1 unspecified atom stereocenters. The van der Waals surface area contributed by atoms with Crippen molar-refractivity contribution in [2.24, 2.45) is 0 Å². The molecule has 2 N–H and O–H groups in total. The van der Waals surface area contributed by atoms with Crippen LogP contribution in [0.25, 0.3) is 0 Å². The van der Waals surface area contributed by atoms with E-state index >= 15 is 0 Å². The van der Waals surface area contributed by atoms with E-state index in [0.29, 0.717) is 10.7 Å². The predicted octanol–water partition coefficient (Wildman–Crippen LogP) is 4.34. The molecule has 136 valence electrons. The average molecular weight is 371 g/mol. The fourth-order valence-electron chi connectivity index (χ4n) is 3.31. The smallest absolute Gasteiger partial charge is 0.313 e. The number of rotatable bonds is 3. The lowest BCUT2D eigenvalue weighted by molar-refractivity contribution is -0.136. The van der Waals surface area contributed by atoms with Crippen molar-refractivity contribution in [3.8, 4) is 0 Å². The zero-order chi connectivity index (χ0) is 18.7. The van der Waals surface area contributed by atoms with Gasteiger partial charge in [-0.3, -0.25) is 9.59 Å². The van der Waals surface area contributed by atoms with Crippen LogP contribution in [0.1, 0.15) is 48.1 Å². The van der Waals surface area contributed by atoms with Gasteiger partial charge in [-0.2, -0.15) is 0 Å². The Morgan fingerprint density at radius 1 is 1.00 bits per heavy atom. The van der Waals surface area contributed by atoms with Gasteiger partial charge < -0.3 is 10.6 Å². The quantitative estimate of drug-likeness (QED) is 0.789. The fraction of sp³-hybridized carbons (Fsp3) is 0.333. The highest BCUT2D eigenvalue weighted by atomic mass is 35.5. The molecule has 4 nitrogen and oxygen atoms in total. The minimum absolute atomic E-state index is 0.230. The summed E-state index contributed by atoms with van der Waals surface area (Å²) in [4.78, 5) is 24.4. The predicted molar refractivity (Wildman–Crippen MR) is 104 cm³/mol. The first-order valence-corrected chi connectivity index (χ1v) is 9.31. The van der Waals surface area contributed by atoms with Crippen LogP contribution in [0, 0.1) is 6.92 Å². The van der Waals surface area contributed by atoms with Crippen molar-refractivity contribution in [2.75, 3.05) is 5.32 Å². The van der Waals surface area contributed by atoms with Crippen LogP contribution >= 0.6 is 11.6 Å². The minimum atomic E-state index is -0.680. The highest BCUT2D eigenvalue weighted by molar-refractivity contribution is 6.39. The van der Waals surface area contributed by atoms with Crippen LogP contribution in [-0.2, 0) is 22.4 Å². The Kier molecular flexibility index (Phi) is 5.62. The molecule has 3 rings (SSSR count). The maximum absolute atomic E-state index is 12.2. The largest absolute Gasteiger partial charge is 0.341 e. The summed E-state index contributed by atoms with van der Waals surface area (Å²) >= 11 is 5.91. The summed E-state index contributed by atoms with van der Waals surface area (Å²) in [5.41, 5.74) is 5.16. The Labute approximate surface area is 158 Å². The van der Waals surface area contributed by atoms with E-state index in [1.54, 1.807) is 18.2 Å². The van der Waals surface area contributed by atoms with Crippen LogP contribution in [0.4, 0.5) is 5.69 Å². The Morgan fingerprint density at radius 2 is 1.73 bits per heavy atom. The van der Waals surface area contributed by atoms with Crippen LogP contribution in [0.2, 0.25) is 5.02 Å². The average Bonchev–Trinajstić information content (AvgIpc) is 2.63. The lowest BCUT2D eigenvalue weighted by atomic mass is 9.89. The highest BCUT2D eigenvalue weighted by Crippen LogP contribution is 2.25. The summed E-state index contributed by atoms with van der Waals surface area (Å²) in [5, 5.41) is 6.00. The third-order valence-corrected chi connectivity index (χ3v) is 5.10. The van der Waals surface area contributed by atoms with Gasteiger partial charge in [-0.05, 0) is 80.0 Å². The number of fused-ring (bicyclic) bond motifs is 1. The molecule has 0 bridgehead atoms. The van der Waals surface area contributed by atoms with Crippen molar-refractivity contribution < 1.29 is 9.59 Å². The van der Waals surface area contributed by atoms with Gasteiger partial charge in [0.1, 0.15) is 0 Å². The molecule has 0 aliphatic heterocycles. The number of halogens is 1. The molecule has 2 aromatic rings. The number of hydrogen-bond acceptors (Lipinski definition) is 2. The summed E-state index contributed by atoms with van der Waals surface area (Å²) in [6, 6.07) is 11.2. The molecule has 1 atom stereocenters. The molecule has 5 heteroatoms. The van der Waals surface area contributed by atoms with Gasteiger partial charge >= 0.3 is 11.8 Å². The lowest BCUT2D eigenvalue weighted by Crippen LogP contribution is -2.37.